The van der Waals surface area contributed by atoms with E-state index in [1.54, 1.807) is 16.4 Å². The second-order valence-electron chi connectivity index (χ2n) is 7.74. The van der Waals surface area contributed by atoms with Gasteiger partial charge in [0.2, 0.25) is 10.0 Å². The predicted molar refractivity (Wildman–Crippen MR) is 108 cm³/mol. The summed E-state index contributed by atoms with van der Waals surface area (Å²) in [6.07, 6.45) is 7.17. The van der Waals surface area contributed by atoms with Gasteiger partial charge in [0.15, 0.2) is 0 Å². The Labute approximate surface area is 154 Å². The highest BCUT2D eigenvalue weighted by atomic mass is 32.2. The molecule has 3 nitrogen and oxygen atoms in total. The van der Waals surface area contributed by atoms with Crippen LogP contribution in [0.1, 0.15) is 24.8 Å². The first kappa shape index (κ1) is 20.0. The van der Waals surface area contributed by atoms with Crippen LogP contribution in [0.5, 0.6) is 0 Å². The molecule has 25 heavy (non-hydrogen) atoms. The molecule has 2 rings (SSSR count). The van der Waals surface area contributed by atoms with Crippen molar-refractivity contribution in [2.75, 3.05) is 13.1 Å². The molecule has 0 N–H and O–H groups in total. The maximum Gasteiger partial charge on any atom is 0.243 e. The van der Waals surface area contributed by atoms with Gasteiger partial charge in [-0.2, -0.15) is 4.31 Å². The zero-order valence-electron chi connectivity index (χ0n) is 15.7. The maximum absolute atomic E-state index is 13.0. The molecule has 1 aliphatic rings. The highest BCUT2D eigenvalue weighted by molar-refractivity contribution is 7.89. The Hall–Kier alpha value is -1.35. The van der Waals surface area contributed by atoms with Crippen LogP contribution in [-0.4, -0.2) is 33.9 Å². The summed E-state index contributed by atoms with van der Waals surface area (Å²) in [5.41, 5.74) is 4.37. The Balaban J connectivity index is 2.13. The van der Waals surface area contributed by atoms with Crippen molar-refractivity contribution in [1.29, 1.82) is 0 Å². The van der Waals surface area contributed by atoms with Crippen molar-refractivity contribution in [3.05, 3.63) is 42.0 Å². The zero-order chi connectivity index (χ0) is 18.5. The SMILES string of the molecule is Cc1ccc(S(=O)(=O)N(C/C=C/C2CC2)CCC#C[Si](C)(C)C)cc1. The summed E-state index contributed by atoms with van der Waals surface area (Å²) in [7, 11) is -4.91. The molecule has 0 atom stereocenters. The molecule has 0 unspecified atom stereocenters. The number of hydrogen-bond donors (Lipinski definition) is 0. The molecule has 1 aromatic carbocycles. The van der Waals surface area contributed by atoms with Crippen LogP contribution in [0.4, 0.5) is 0 Å². The van der Waals surface area contributed by atoms with E-state index in [9.17, 15) is 8.42 Å². The summed E-state index contributed by atoms with van der Waals surface area (Å²) in [6, 6.07) is 7.07. The number of allylic oxidation sites excluding steroid dienone is 1. The van der Waals surface area contributed by atoms with Gasteiger partial charge in [0, 0.05) is 19.5 Å². The van der Waals surface area contributed by atoms with E-state index in [4.69, 9.17) is 0 Å². The molecule has 0 spiro atoms. The molecule has 1 fully saturated rings. The third-order valence-corrected chi connectivity index (χ3v) is 6.75. The molecule has 1 aromatic rings. The van der Waals surface area contributed by atoms with Crippen LogP contribution in [-0.2, 0) is 10.0 Å². The van der Waals surface area contributed by atoms with Gasteiger partial charge in [-0.25, -0.2) is 8.42 Å². The molecule has 0 radical (unpaired) electrons. The third kappa shape index (κ3) is 6.81. The number of benzene rings is 1. The van der Waals surface area contributed by atoms with E-state index in [0.29, 0.717) is 30.3 Å². The summed E-state index contributed by atoms with van der Waals surface area (Å²) in [6.45, 7) is 9.39. The molecule has 5 heteroatoms. The Morgan fingerprint density at radius 1 is 1.20 bits per heavy atom. The number of nitrogens with zero attached hydrogens (tertiary/aromatic N) is 1. The molecule has 136 valence electrons. The van der Waals surface area contributed by atoms with Gasteiger partial charge in [0.05, 0.1) is 4.90 Å². The lowest BCUT2D eigenvalue weighted by molar-refractivity contribution is 0.449. The van der Waals surface area contributed by atoms with Crippen molar-refractivity contribution in [3.63, 3.8) is 0 Å². The topological polar surface area (TPSA) is 37.4 Å². The molecular weight excluding hydrogens is 346 g/mol. The van der Waals surface area contributed by atoms with Crippen LogP contribution in [0.25, 0.3) is 0 Å². The first-order valence-electron chi connectivity index (χ1n) is 8.92. The van der Waals surface area contributed by atoms with Gasteiger partial charge in [0.25, 0.3) is 0 Å². The first-order valence-corrected chi connectivity index (χ1v) is 13.9. The van der Waals surface area contributed by atoms with Crippen molar-refractivity contribution in [1.82, 2.24) is 4.31 Å². The number of hydrogen-bond acceptors (Lipinski definition) is 2. The van der Waals surface area contributed by atoms with Crippen LogP contribution in [0.15, 0.2) is 41.3 Å². The highest BCUT2D eigenvalue weighted by Crippen LogP contribution is 2.30. The number of sulfonamides is 1. The van der Waals surface area contributed by atoms with Crippen LogP contribution in [0, 0.1) is 24.3 Å². The Morgan fingerprint density at radius 3 is 2.40 bits per heavy atom. The van der Waals surface area contributed by atoms with Crippen molar-refractivity contribution < 1.29 is 8.42 Å². The molecule has 0 amide bonds. The average molecular weight is 376 g/mol. The van der Waals surface area contributed by atoms with Crippen molar-refractivity contribution in [3.8, 4) is 11.5 Å². The molecule has 1 saturated carbocycles. The molecule has 0 aliphatic heterocycles. The van der Waals surface area contributed by atoms with E-state index >= 15 is 0 Å². The van der Waals surface area contributed by atoms with Gasteiger partial charge >= 0.3 is 0 Å². The van der Waals surface area contributed by atoms with Crippen LogP contribution in [0.2, 0.25) is 19.6 Å². The van der Waals surface area contributed by atoms with E-state index in [1.807, 2.05) is 25.1 Å². The molecule has 0 aromatic heterocycles. The van der Waals surface area contributed by atoms with Gasteiger partial charge in [0.1, 0.15) is 8.07 Å². The fraction of sp³-hybridized carbons (Fsp3) is 0.500. The van der Waals surface area contributed by atoms with Gasteiger partial charge in [-0.05, 0) is 37.8 Å². The lowest BCUT2D eigenvalue weighted by atomic mass is 10.2. The van der Waals surface area contributed by atoms with E-state index in [2.05, 4.69) is 37.2 Å². The fourth-order valence-electron chi connectivity index (χ4n) is 2.34. The number of aryl methyl sites for hydroxylation is 1. The molecular formula is C20H29NO2SSi. The molecule has 0 bridgehead atoms. The minimum absolute atomic E-state index is 0.357. The Kier molecular flexibility index (Phi) is 6.67. The summed E-state index contributed by atoms with van der Waals surface area (Å²) in [4.78, 5) is 0.357. The van der Waals surface area contributed by atoms with E-state index in [1.165, 1.54) is 12.8 Å². The first-order chi connectivity index (χ1) is 11.7. The zero-order valence-corrected chi connectivity index (χ0v) is 17.6. The largest absolute Gasteiger partial charge is 0.243 e. The monoisotopic (exact) mass is 375 g/mol. The number of rotatable bonds is 7. The van der Waals surface area contributed by atoms with Crippen LogP contribution >= 0.6 is 0 Å². The highest BCUT2D eigenvalue weighted by Gasteiger charge is 2.23. The second-order valence-corrected chi connectivity index (χ2v) is 14.4. The van der Waals surface area contributed by atoms with Gasteiger partial charge in [-0.1, -0.05) is 49.5 Å². The Morgan fingerprint density at radius 2 is 1.84 bits per heavy atom. The molecule has 1 aliphatic carbocycles. The second kappa shape index (κ2) is 8.35. The maximum atomic E-state index is 13.0. The lowest BCUT2D eigenvalue weighted by Gasteiger charge is -2.20. The summed E-state index contributed by atoms with van der Waals surface area (Å²) >= 11 is 0. The summed E-state index contributed by atoms with van der Waals surface area (Å²) < 4.78 is 27.5. The molecule has 0 saturated heterocycles. The van der Waals surface area contributed by atoms with Crippen LogP contribution in [0.3, 0.4) is 0 Å². The van der Waals surface area contributed by atoms with Crippen LogP contribution < -0.4 is 0 Å². The Bertz CT molecular complexity index is 761. The fourth-order valence-corrected chi connectivity index (χ4v) is 4.38. The summed E-state index contributed by atoms with van der Waals surface area (Å²) in [5, 5.41) is 0. The lowest BCUT2D eigenvalue weighted by Crippen LogP contribution is -2.32. The molecule has 0 heterocycles. The summed E-state index contributed by atoms with van der Waals surface area (Å²) in [5.74, 6) is 3.83. The average Bonchev–Trinajstić information content (AvgIpc) is 3.33. The van der Waals surface area contributed by atoms with Crippen molar-refractivity contribution in [2.24, 2.45) is 5.92 Å². The van der Waals surface area contributed by atoms with Crippen molar-refractivity contribution >= 4 is 18.1 Å². The van der Waals surface area contributed by atoms with E-state index < -0.39 is 18.1 Å². The minimum atomic E-state index is -3.49. The minimum Gasteiger partial charge on any atom is -0.207 e. The predicted octanol–water partition coefficient (Wildman–Crippen LogP) is 4.22. The van der Waals surface area contributed by atoms with E-state index in [0.717, 1.165) is 5.56 Å². The van der Waals surface area contributed by atoms with Gasteiger partial charge < -0.3 is 0 Å². The van der Waals surface area contributed by atoms with Gasteiger partial charge in [-0.15, -0.1) is 11.5 Å². The van der Waals surface area contributed by atoms with Gasteiger partial charge in [-0.3, -0.25) is 0 Å². The van der Waals surface area contributed by atoms with Crippen molar-refractivity contribution in [2.45, 2.75) is 50.7 Å². The standard InChI is InChI=1S/C20H29NO2SSi/c1-18-9-13-20(14-10-18)24(22,23)21(16-7-8-19-11-12-19)15-5-6-17-25(2,3)4/h7-10,13-14,19H,5,11-12,15-16H2,1-4H3/b8-7+. The van der Waals surface area contributed by atoms with E-state index in [-0.39, 0.29) is 0 Å². The third-order valence-electron chi connectivity index (χ3n) is 3.95. The normalized spacial score (nSPS) is 15.4. The quantitative estimate of drug-likeness (QED) is 0.406. The smallest absolute Gasteiger partial charge is 0.207 e.